The van der Waals surface area contributed by atoms with Crippen LogP contribution in [-0.2, 0) is 6.54 Å². The van der Waals surface area contributed by atoms with Crippen molar-refractivity contribution in [2.24, 2.45) is 0 Å². The molecule has 1 aromatic carbocycles. The van der Waals surface area contributed by atoms with Gasteiger partial charge < -0.3 is 10.1 Å². The van der Waals surface area contributed by atoms with E-state index in [9.17, 15) is 0 Å². The number of thioether (sulfide) groups is 1. The standard InChI is InChI=1S/C16H18N2OS/c1-20-15-9-7-14(8-10-15)19-16-4-2-3-13(18-16)11-17-12-5-6-12/h2-4,7-10,12,17H,5-6,11H2,1H3. The molecule has 1 heterocycles. The average molecular weight is 286 g/mol. The van der Waals surface area contributed by atoms with Crippen LogP contribution >= 0.6 is 11.8 Å². The van der Waals surface area contributed by atoms with Crippen molar-refractivity contribution >= 4 is 11.8 Å². The van der Waals surface area contributed by atoms with Crippen molar-refractivity contribution in [1.82, 2.24) is 10.3 Å². The third-order valence-electron chi connectivity index (χ3n) is 3.21. The predicted molar refractivity (Wildman–Crippen MR) is 82.4 cm³/mol. The van der Waals surface area contributed by atoms with Gasteiger partial charge in [0.15, 0.2) is 0 Å². The van der Waals surface area contributed by atoms with Crippen molar-refractivity contribution in [3.8, 4) is 11.6 Å². The molecule has 4 heteroatoms. The molecule has 20 heavy (non-hydrogen) atoms. The van der Waals surface area contributed by atoms with Gasteiger partial charge in [0.1, 0.15) is 5.75 Å². The Labute approximate surface area is 123 Å². The van der Waals surface area contributed by atoms with Gasteiger partial charge in [-0.1, -0.05) is 6.07 Å². The van der Waals surface area contributed by atoms with Crippen molar-refractivity contribution in [1.29, 1.82) is 0 Å². The third kappa shape index (κ3) is 3.74. The number of nitrogens with zero attached hydrogens (tertiary/aromatic N) is 1. The Bertz CT molecular complexity index is 567. The molecular weight excluding hydrogens is 268 g/mol. The lowest BCUT2D eigenvalue weighted by molar-refractivity contribution is 0.459. The molecule has 0 amide bonds. The van der Waals surface area contributed by atoms with Gasteiger partial charge in [0.05, 0.1) is 5.69 Å². The van der Waals surface area contributed by atoms with E-state index in [2.05, 4.69) is 28.7 Å². The van der Waals surface area contributed by atoms with Crippen molar-refractivity contribution < 1.29 is 4.74 Å². The Morgan fingerprint density at radius 2 is 2.00 bits per heavy atom. The highest BCUT2D eigenvalue weighted by molar-refractivity contribution is 7.98. The van der Waals surface area contributed by atoms with Gasteiger partial charge in [-0.05, 0) is 49.4 Å². The summed E-state index contributed by atoms with van der Waals surface area (Å²) in [6, 6.07) is 14.7. The molecular formula is C16H18N2OS. The second-order valence-electron chi connectivity index (χ2n) is 4.90. The first-order valence-corrected chi connectivity index (χ1v) is 8.07. The first-order chi connectivity index (χ1) is 9.83. The lowest BCUT2D eigenvalue weighted by Gasteiger charge is -2.07. The second-order valence-corrected chi connectivity index (χ2v) is 5.78. The van der Waals surface area contributed by atoms with Crippen LogP contribution in [0.1, 0.15) is 18.5 Å². The van der Waals surface area contributed by atoms with Crippen LogP contribution in [0, 0.1) is 0 Å². The van der Waals surface area contributed by atoms with Gasteiger partial charge in [-0.15, -0.1) is 11.8 Å². The Kier molecular flexibility index (Phi) is 4.23. The molecule has 1 aliphatic carbocycles. The minimum atomic E-state index is 0.650. The molecule has 1 N–H and O–H groups in total. The zero-order chi connectivity index (χ0) is 13.8. The quantitative estimate of drug-likeness (QED) is 0.818. The molecule has 104 valence electrons. The summed E-state index contributed by atoms with van der Waals surface area (Å²) >= 11 is 1.72. The van der Waals surface area contributed by atoms with Gasteiger partial charge in [0, 0.05) is 23.5 Å². The van der Waals surface area contributed by atoms with Gasteiger partial charge >= 0.3 is 0 Å². The average Bonchev–Trinajstić information content (AvgIpc) is 3.31. The van der Waals surface area contributed by atoms with E-state index < -0.39 is 0 Å². The van der Waals surface area contributed by atoms with Crippen LogP contribution in [-0.4, -0.2) is 17.3 Å². The van der Waals surface area contributed by atoms with Gasteiger partial charge in [0.25, 0.3) is 0 Å². The zero-order valence-electron chi connectivity index (χ0n) is 11.5. The summed E-state index contributed by atoms with van der Waals surface area (Å²) in [6.07, 6.45) is 4.64. The molecule has 0 unspecified atom stereocenters. The van der Waals surface area contributed by atoms with E-state index in [1.165, 1.54) is 17.7 Å². The van der Waals surface area contributed by atoms with Crippen LogP contribution < -0.4 is 10.1 Å². The molecule has 0 spiro atoms. The number of pyridine rings is 1. The van der Waals surface area contributed by atoms with Crippen LogP contribution in [0.15, 0.2) is 47.4 Å². The second kappa shape index (κ2) is 6.29. The van der Waals surface area contributed by atoms with E-state index in [0.29, 0.717) is 11.9 Å². The fourth-order valence-corrected chi connectivity index (χ4v) is 2.32. The number of aromatic nitrogens is 1. The lowest BCUT2D eigenvalue weighted by atomic mass is 10.3. The first-order valence-electron chi connectivity index (χ1n) is 6.85. The lowest BCUT2D eigenvalue weighted by Crippen LogP contribution is -2.16. The van der Waals surface area contributed by atoms with E-state index in [1.54, 1.807) is 11.8 Å². The molecule has 2 aromatic rings. The number of hydrogen-bond acceptors (Lipinski definition) is 4. The molecule has 3 nitrogen and oxygen atoms in total. The largest absolute Gasteiger partial charge is 0.439 e. The molecule has 0 bridgehead atoms. The van der Waals surface area contributed by atoms with E-state index in [-0.39, 0.29) is 0 Å². The van der Waals surface area contributed by atoms with Crippen molar-refractivity contribution in [3.63, 3.8) is 0 Å². The minimum Gasteiger partial charge on any atom is -0.439 e. The van der Waals surface area contributed by atoms with E-state index in [4.69, 9.17) is 4.74 Å². The summed E-state index contributed by atoms with van der Waals surface area (Å²) in [5.41, 5.74) is 1.02. The Morgan fingerprint density at radius 3 is 2.70 bits per heavy atom. The molecule has 1 aliphatic rings. The van der Waals surface area contributed by atoms with Crippen LogP contribution in [0.4, 0.5) is 0 Å². The number of ether oxygens (including phenoxy) is 1. The maximum absolute atomic E-state index is 5.79. The SMILES string of the molecule is CSc1ccc(Oc2cccc(CNC3CC3)n2)cc1. The Hall–Kier alpha value is -1.52. The fraction of sp³-hybridized carbons (Fsp3) is 0.312. The molecule has 0 radical (unpaired) electrons. The van der Waals surface area contributed by atoms with Gasteiger partial charge in [-0.25, -0.2) is 4.98 Å². The number of nitrogens with one attached hydrogen (secondary N) is 1. The van der Waals surface area contributed by atoms with Crippen LogP contribution in [0.2, 0.25) is 0 Å². The van der Waals surface area contributed by atoms with E-state index >= 15 is 0 Å². The van der Waals surface area contributed by atoms with Crippen molar-refractivity contribution in [2.75, 3.05) is 6.26 Å². The first kappa shape index (κ1) is 13.5. The highest BCUT2D eigenvalue weighted by Crippen LogP contribution is 2.23. The summed E-state index contributed by atoms with van der Waals surface area (Å²) in [5, 5.41) is 3.46. The number of rotatable bonds is 6. The van der Waals surface area contributed by atoms with Crippen LogP contribution in [0.25, 0.3) is 0 Å². The molecule has 1 saturated carbocycles. The van der Waals surface area contributed by atoms with E-state index in [1.807, 2.05) is 30.3 Å². The molecule has 0 atom stereocenters. The van der Waals surface area contributed by atoms with Crippen molar-refractivity contribution in [3.05, 3.63) is 48.2 Å². The van der Waals surface area contributed by atoms with Gasteiger partial charge in [0.2, 0.25) is 5.88 Å². The maximum atomic E-state index is 5.79. The minimum absolute atomic E-state index is 0.650. The molecule has 1 fully saturated rings. The smallest absolute Gasteiger partial charge is 0.219 e. The summed E-state index contributed by atoms with van der Waals surface area (Å²) in [4.78, 5) is 5.75. The summed E-state index contributed by atoms with van der Waals surface area (Å²) in [6.45, 7) is 0.813. The number of benzene rings is 1. The predicted octanol–water partition coefficient (Wildman–Crippen LogP) is 3.85. The van der Waals surface area contributed by atoms with Crippen LogP contribution in [0.5, 0.6) is 11.6 Å². The summed E-state index contributed by atoms with van der Waals surface area (Å²) < 4.78 is 5.79. The number of hydrogen-bond donors (Lipinski definition) is 1. The fourth-order valence-electron chi connectivity index (χ4n) is 1.91. The molecule has 1 aromatic heterocycles. The highest BCUT2D eigenvalue weighted by atomic mass is 32.2. The Morgan fingerprint density at radius 1 is 1.20 bits per heavy atom. The zero-order valence-corrected chi connectivity index (χ0v) is 12.3. The normalized spacial score (nSPS) is 14.2. The molecule has 0 aliphatic heterocycles. The van der Waals surface area contributed by atoms with E-state index in [0.717, 1.165) is 18.0 Å². The van der Waals surface area contributed by atoms with Crippen molar-refractivity contribution in [2.45, 2.75) is 30.3 Å². The Balaban J connectivity index is 1.64. The van der Waals surface area contributed by atoms with Gasteiger partial charge in [-0.2, -0.15) is 0 Å². The maximum Gasteiger partial charge on any atom is 0.219 e. The third-order valence-corrected chi connectivity index (χ3v) is 3.96. The monoisotopic (exact) mass is 286 g/mol. The van der Waals surface area contributed by atoms with Crippen LogP contribution in [0.3, 0.4) is 0 Å². The molecule has 0 saturated heterocycles. The van der Waals surface area contributed by atoms with Gasteiger partial charge in [-0.3, -0.25) is 0 Å². The summed E-state index contributed by atoms with van der Waals surface area (Å²) in [5.74, 6) is 1.47. The highest BCUT2D eigenvalue weighted by Gasteiger charge is 2.20. The molecule has 3 rings (SSSR count). The topological polar surface area (TPSA) is 34.1 Å². The summed E-state index contributed by atoms with van der Waals surface area (Å²) in [7, 11) is 0.